The molecule has 0 bridgehead atoms. The summed E-state index contributed by atoms with van der Waals surface area (Å²) >= 11 is 0. The van der Waals surface area contributed by atoms with Gasteiger partial charge in [-0.25, -0.2) is 4.98 Å². The molecular formula is C23H31ClN2O2. The maximum Gasteiger partial charge on any atom is 0.125 e. The molecule has 3 aromatic rings. The monoisotopic (exact) mass is 402 g/mol. The van der Waals surface area contributed by atoms with Crippen LogP contribution in [0.3, 0.4) is 0 Å². The molecule has 0 aliphatic rings. The van der Waals surface area contributed by atoms with Crippen molar-refractivity contribution in [2.24, 2.45) is 0 Å². The van der Waals surface area contributed by atoms with Crippen molar-refractivity contribution in [3.8, 4) is 5.75 Å². The molecular weight excluding hydrogens is 372 g/mol. The van der Waals surface area contributed by atoms with Crippen molar-refractivity contribution >= 4 is 23.4 Å². The molecule has 4 nitrogen and oxygen atoms in total. The molecule has 0 saturated heterocycles. The summed E-state index contributed by atoms with van der Waals surface area (Å²) in [7, 11) is 0. The van der Waals surface area contributed by atoms with Gasteiger partial charge in [-0.15, -0.1) is 12.4 Å². The molecule has 152 valence electrons. The minimum absolute atomic E-state index is 0. The second-order valence-electron chi connectivity index (χ2n) is 7.57. The fraction of sp³-hybridized carbons (Fsp3) is 0.435. The molecule has 1 N–H and O–H groups in total. The minimum atomic E-state index is -0.606. The molecule has 0 fully saturated rings. The molecule has 5 heteroatoms. The lowest BCUT2D eigenvalue weighted by Crippen LogP contribution is -2.25. The van der Waals surface area contributed by atoms with Gasteiger partial charge in [-0.2, -0.15) is 0 Å². The fourth-order valence-electron chi connectivity index (χ4n) is 3.68. The van der Waals surface area contributed by atoms with Crippen LogP contribution in [0.4, 0.5) is 0 Å². The quantitative estimate of drug-likeness (QED) is 0.580. The van der Waals surface area contributed by atoms with E-state index >= 15 is 0 Å². The molecule has 0 saturated carbocycles. The van der Waals surface area contributed by atoms with Crippen molar-refractivity contribution in [1.29, 1.82) is 0 Å². The Morgan fingerprint density at radius 2 is 1.75 bits per heavy atom. The van der Waals surface area contributed by atoms with Gasteiger partial charge in [0.05, 0.1) is 17.6 Å². The van der Waals surface area contributed by atoms with E-state index in [0.29, 0.717) is 12.5 Å². The van der Waals surface area contributed by atoms with Crippen LogP contribution in [-0.2, 0) is 6.54 Å². The van der Waals surface area contributed by atoms with Crippen LogP contribution in [0.25, 0.3) is 11.0 Å². The lowest BCUT2D eigenvalue weighted by molar-refractivity contribution is 0.0918. The van der Waals surface area contributed by atoms with Gasteiger partial charge in [0.2, 0.25) is 0 Å². The second kappa shape index (κ2) is 9.44. The Bertz CT molecular complexity index is 912. The number of halogens is 1. The molecule has 2 atom stereocenters. The van der Waals surface area contributed by atoms with Gasteiger partial charge >= 0.3 is 0 Å². The van der Waals surface area contributed by atoms with Gasteiger partial charge in [-0.3, -0.25) is 0 Å². The fourth-order valence-corrected chi connectivity index (χ4v) is 3.68. The van der Waals surface area contributed by atoms with Crippen LogP contribution in [0.5, 0.6) is 5.75 Å². The molecule has 0 amide bonds. The number of ether oxygens (including phenoxy) is 1. The minimum Gasteiger partial charge on any atom is -0.490 e. The SMILES string of the molecule is CCC(C)c1nc2ccccc2n1CC(O)COc1c(C)cc(C)cc1C.Cl. The van der Waals surface area contributed by atoms with Gasteiger partial charge in [-0.1, -0.05) is 43.7 Å². The number of fused-ring (bicyclic) bond motifs is 1. The number of benzene rings is 2. The molecule has 0 aliphatic heterocycles. The molecule has 0 aliphatic carbocycles. The standard InChI is InChI=1S/C23H30N2O2.ClH/c1-6-16(3)23-24-20-9-7-8-10-21(20)25(23)13-19(26)14-27-22-17(4)11-15(2)12-18(22)5;/h7-12,16,19,26H,6,13-14H2,1-5H3;1H. The van der Waals surface area contributed by atoms with E-state index < -0.39 is 6.10 Å². The molecule has 0 radical (unpaired) electrons. The maximum absolute atomic E-state index is 10.7. The number of aliphatic hydroxyl groups excluding tert-OH is 1. The van der Waals surface area contributed by atoms with E-state index in [0.717, 1.165) is 40.2 Å². The van der Waals surface area contributed by atoms with E-state index in [1.165, 1.54) is 5.56 Å². The summed E-state index contributed by atoms with van der Waals surface area (Å²) in [4.78, 5) is 4.80. The van der Waals surface area contributed by atoms with E-state index in [1.54, 1.807) is 0 Å². The summed E-state index contributed by atoms with van der Waals surface area (Å²) < 4.78 is 8.13. The van der Waals surface area contributed by atoms with Crippen molar-refractivity contribution in [1.82, 2.24) is 9.55 Å². The smallest absolute Gasteiger partial charge is 0.125 e. The Morgan fingerprint density at radius 3 is 2.39 bits per heavy atom. The first-order chi connectivity index (χ1) is 12.9. The number of hydrogen-bond donors (Lipinski definition) is 1. The number of imidazole rings is 1. The first kappa shape index (κ1) is 22.3. The first-order valence-corrected chi connectivity index (χ1v) is 9.74. The largest absolute Gasteiger partial charge is 0.490 e. The second-order valence-corrected chi connectivity index (χ2v) is 7.57. The van der Waals surface area contributed by atoms with E-state index in [4.69, 9.17) is 9.72 Å². The number of aliphatic hydroxyl groups is 1. The summed E-state index contributed by atoms with van der Waals surface area (Å²) in [5.74, 6) is 2.24. The highest BCUT2D eigenvalue weighted by Crippen LogP contribution is 2.26. The number of para-hydroxylation sites is 2. The zero-order valence-electron chi connectivity index (χ0n) is 17.4. The third kappa shape index (κ3) is 4.68. The zero-order chi connectivity index (χ0) is 19.6. The predicted molar refractivity (Wildman–Crippen MR) is 118 cm³/mol. The highest BCUT2D eigenvalue weighted by Gasteiger charge is 2.18. The van der Waals surface area contributed by atoms with Crippen LogP contribution in [0.15, 0.2) is 36.4 Å². The highest BCUT2D eigenvalue weighted by atomic mass is 35.5. The molecule has 0 spiro atoms. The van der Waals surface area contributed by atoms with Crippen molar-refractivity contribution < 1.29 is 9.84 Å². The van der Waals surface area contributed by atoms with Gasteiger partial charge in [0, 0.05) is 5.92 Å². The number of hydrogen-bond acceptors (Lipinski definition) is 3. The molecule has 2 aromatic carbocycles. The van der Waals surface area contributed by atoms with E-state index in [9.17, 15) is 5.11 Å². The van der Waals surface area contributed by atoms with Gasteiger partial charge < -0.3 is 14.4 Å². The average molecular weight is 403 g/mol. The van der Waals surface area contributed by atoms with Crippen molar-refractivity contribution in [2.45, 2.75) is 59.6 Å². The lowest BCUT2D eigenvalue weighted by atomic mass is 10.1. The predicted octanol–water partition coefficient (Wildman–Crippen LogP) is 5.34. The third-order valence-electron chi connectivity index (χ3n) is 5.16. The van der Waals surface area contributed by atoms with E-state index in [1.807, 2.05) is 32.0 Å². The Hall–Kier alpha value is -2.04. The summed E-state index contributed by atoms with van der Waals surface area (Å²) in [5.41, 5.74) is 5.47. The van der Waals surface area contributed by atoms with Crippen LogP contribution in [0.1, 0.15) is 48.7 Å². The summed E-state index contributed by atoms with van der Waals surface area (Å²) in [6.45, 7) is 11.3. The normalized spacial score (nSPS) is 13.2. The summed E-state index contributed by atoms with van der Waals surface area (Å²) in [6, 6.07) is 12.3. The van der Waals surface area contributed by atoms with Crippen LogP contribution >= 0.6 is 12.4 Å². The van der Waals surface area contributed by atoms with Crippen LogP contribution in [0.2, 0.25) is 0 Å². The number of nitrogens with zero attached hydrogens (tertiary/aromatic N) is 2. The van der Waals surface area contributed by atoms with Gasteiger partial charge in [0.25, 0.3) is 0 Å². The average Bonchev–Trinajstić information content (AvgIpc) is 2.98. The van der Waals surface area contributed by atoms with E-state index in [2.05, 4.69) is 43.5 Å². The molecule has 2 unspecified atom stereocenters. The van der Waals surface area contributed by atoms with Gasteiger partial charge in [0.15, 0.2) is 0 Å². The Balaban J connectivity index is 0.00000280. The van der Waals surface area contributed by atoms with Crippen molar-refractivity contribution in [3.05, 3.63) is 58.9 Å². The first-order valence-electron chi connectivity index (χ1n) is 9.74. The number of aryl methyl sites for hydroxylation is 3. The number of rotatable bonds is 7. The van der Waals surface area contributed by atoms with Crippen LogP contribution < -0.4 is 4.74 Å². The Morgan fingerprint density at radius 1 is 1.11 bits per heavy atom. The Kier molecular flexibility index (Phi) is 7.50. The summed E-state index contributed by atoms with van der Waals surface area (Å²) in [6.07, 6.45) is 0.406. The summed E-state index contributed by atoms with van der Waals surface area (Å²) in [5, 5.41) is 10.7. The molecule has 1 heterocycles. The van der Waals surface area contributed by atoms with E-state index in [-0.39, 0.29) is 19.0 Å². The number of aromatic nitrogens is 2. The van der Waals surface area contributed by atoms with Crippen molar-refractivity contribution in [3.63, 3.8) is 0 Å². The maximum atomic E-state index is 10.7. The van der Waals surface area contributed by atoms with Crippen LogP contribution in [-0.4, -0.2) is 27.4 Å². The van der Waals surface area contributed by atoms with Crippen molar-refractivity contribution in [2.75, 3.05) is 6.61 Å². The molecule has 1 aromatic heterocycles. The molecule has 28 heavy (non-hydrogen) atoms. The zero-order valence-corrected chi connectivity index (χ0v) is 18.2. The Labute approximate surface area is 174 Å². The highest BCUT2D eigenvalue weighted by molar-refractivity contribution is 5.85. The lowest BCUT2D eigenvalue weighted by Gasteiger charge is -2.19. The van der Waals surface area contributed by atoms with Crippen LogP contribution in [0, 0.1) is 20.8 Å². The molecule has 3 rings (SSSR count). The van der Waals surface area contributed by atoms with Gasteiger partial charge in [-0.05, 0) is 50.5 Å². The van der Waals surface area contributed by atoms with Gasteiger partial charge in [0.1, 0.15) is 24.3 Å². The third-order valence-corrected chi connectivity index (χ3v) is 5.16. The topological polar surface area (TPSA) is 47.3 Å².